The first kappa shape index (κ1) is 5.56. The topological polar surface area (TPSA) is 0 Å². The number of hydrogen-bond acceptors (Lipinski definition) is 2. The molecule has 0 aromatic rings. The van der Waals surface area contributed by atoms with Gasteiger partial charge in [-0.1, -0.05) is 22.6 Å². The van der Waals surface area contributed by atoms with Gasteiger partial charge in [-0.05, 0) is 0 Å². The molecule has 1 aliphatic rings. The fourth-order valence-electron chi connectivity index (χ4n) is 0.330. The van der Waals surface area contributed by atoms with Crippen LogP contribution in [0.2, 0.25) is 0 Å². The summed E-state index contributed by atoms with van der Waals surface area (Å²) in [6.07, 6.45) is 0. The predicted octanol–water partition coefficient (Wildman–Crippen LogP) is 2.19. The van der Waals surface area contributed by atoms with Crippen LogP contribution in [0.15, 0.2) is 0 Å². The number of thioether (sulfide) groups is 2. The molecule has 0 amide bonds. The molecule has 1 saturated heterocycles. The first-order valence-corrected chi connectivity index (χ1v) is 5.11. The van der Waals surface area contributed by atoms with Crippen LogP contribution in [0.4, 0.5) is 0 Å². The Bertz CT molecular complexity index is 42.1. The molecule has 1 aliphatic heterocycles. The van der Waals surface area contributed by atoms with E-state index >= 15 is 0 Å². The molecule has 0 aliphatic carbocycles. The third kappa shape index (κ3) is 1.50. The minimum Gasteiger partial charge on any atom is -0.136 e. The van der Waals surface area contributed by atoms with E-state index in [9.17, 15) is 0 Å². The van der Waals surface area contributed by atoms with E-state index in [1.165, 1.54) is 11.5 Å². The lowest BCUT2D eigenvalue weighted by atomic mass is 11.0. The van der Waals surface area contributed by atoms with Gasteiger partial charge in [-0.25, -0.2) is 0 Å². The maximum Gasteiger partial charge on any atom is 0.102 e. The second-order valence-corrected chi connectivity index (χ2v) is 6.68. The third-order valence-electron chi connectivity index (χ3n) is 0.581. The number of hydrogen-bond donors (Lipinski definition) is 0. The van der Waals surface area contributed by atoms with Gasteiger partial charge >= 0.3 is 0 Å². The summed E-state index contributed by atoms with van der Waals surface area (Å²) in [7, 11) is 0. The van der Waals surface area contributed by atoms with Crippen molar-refractivity contribution in [2.24, 2.45) is 0 Å². The minimum atomic E-state index is 0.850. The van der Waals surface area contributed by atoms with Crippen molar-refractivity contribution >= 4 is 46.1 Å². The molecule has 0 aromatic heterocycles. The van der Waals surface area contributed by atoms with Crippen LogP contribution in [-0.4, -0.2) is 14.1 Å². The largest absolute Gasteiger partial charge is 0.136 e. The fraction of sp³-hybridized carbons (Fsp3) is 1.00. The fourth-order valence-corrected chi connectivity index (χ4v) is 3.96. The Morgan fingerprint density at radius 3 is 2.00 bits per heavy atom. The predicted molar refractivity (Wildman–Crippen MR) is 42.7 cm³/mol. The molecule has 0 unspecified atom stereocenters. The summed E-state index contributed by atoms with van der Waals surface area (Å²) >= 11 is 6.55. The highest BCUT2D eigenvalue weighted by Gasteiger charge is 2.10. The number of rotatable bonds is 0. The molecule has 0 bridgehead atoms. The van der Waals surface area contributed by atoms with Crippen molar-refractivity contribution in [2.45, 2.75) is 2.59 Å². The van der Waals surface area contributed by atoms with Gasteiger partial charge in [0.1, 0.15) is 2.59 Å². The Hall–Kier alpha value is 1.43. The van der Waals surface area contributed by atoms with Crippen molar-refractivity contribution < 1.29 is 0 Å². The summed E-state index contributed by atoms with van der Waals surface area (Å²) in [4.78, 5) is 0. The summed E-state index contributed by atoms with van der Waals surface area (Å²) in [6.45, 7) is 0. The lowest BCUT2D eigenvalue weighted by Crippen LogP contribution is -1.65. The van der Waals surface area contributed by atoms with Gasteiger partial charge in [0.05, 0.1) is 0 Å². The van der Waals surface area contributed by atoms with E-state index < -0.39 is 0 Å². The van der Waals surface area contributed by atoms with Gasteiger partial charge in [-0.3, -0.25) is 0 Å². The van der Waals surface area contributed by atoms with Crippen LogP contribution in [0.1, 0.15) is 0 Å². The first-order chi connectivity index (χ1) is 2.89. The van der Waals surface area contributed by atoms with Crippen molar-refractivity contribution in [3.63, 3.8) is 0 Å². The van der Waals surface area contributed by atoms with Gasteiger partial charge in [0.15, 0.2) is 0 Å². The van der Waals surface area contributed by atoms with Crippen molar-refractivity contribution in [1.82, 2.24) is 0 Å². The van der Waals surface area contributed by atoms with E-state index in [2.05, 4.69) is 22.6 Å². The molecule has 0 saturated carbocycles. The molecular formula is C3H5IS2. The average Bonchev–Trinajstić information content (AvgIpc) is 1.86. The molecule has 0 nitrogen and oxygen atoms in total. The van der Waals surface area contributed by atoms with Gasteiger partial charge in [0.2, 0.25) is 0 Å². The van der Waals surface area contributed by atoms with E-state index in [1.807, 2.05) is 23.5 Å². The molecule has 0 aromatic carbocycles. The quantitative estimate of drug-likeness (QED) is 0.463. The van der Waals surface area contributed by atoms with E-state index in [1.54, 1.807) is 0 Å². The van der Waals surface area contributed by atoms with Crippen molar-refractivity contribution in [3.8, 4) is 0 Å². The highest BCUT2D eigenvalue weighted by atomic mass is 127. The van der Waals surface area contributed by atoms with E-state index in [-0.39, 0.29) is 0 Å². The zero-order valence-corrected chi connectivity index (χ0v) is 6.98. The second kappa shape index (κ2) is 2.67. The molecule has 1 rings (SSSR count). The monoisotopic (exact) mass is 232 g/mol. The Morgan fingerprint density at radius 1 is 1.33 bits per heavy atom. The Kier molecular flexibility index (Phi) is 2.47. The summed E-state index contributed by atoms with van der Waals surface area (Å²) in [5.74, 6) is 2.72. The lowest BCUT2D eigenvalue weighted by Gasteiger charge is -1.88. The molecule has 1 fully saturated rings. The summed E-state index contributed by atoms with van der Waals surface area (Å²) in [5.41, 5.74) is 0. The molecule has 0 atom stereocenters. The molecule has 0 radical (unpaired) electrons. The zero-order chi connectivity index (χ0) is 4.41. The SMILES string of the molecule is IC1SCCS1. The number of alkyl halides is 1. The van der Waals surface area contributed by atoms with Gasteiger partial charge < -0.3 is 0 Å². The standard InChI is InChI=1S/C3H5IS2/c4-3-5-1-2-6-3/h3H,1-2H2. The van der Waals surface area contributed by atoms with E-state index in [0.29, 0.717) is 0 Å². The molecule has 36 valence electrons. The average molecular weight is 232 g/mol. The summed E-state index contributed by atoms with van der Waals surface area (Å²) in [5, 5.41) is 0. The van der Waals surface area contributed by atoms with E-state index in [4.69, 9.17) is 0 Å². The summed E-state index contributed by atoms with van der Waals surface area (Å²) < 4.78 is 0.850. The van der Waals surface area contributed by atoms with E-state index in [0.717, 1.165) is 2.59 Å². The zero-order valence-electron chi connectivity index (χ0n) is 3.19. The van der Waals surface area contributed by atoms with Crippen LogP contribution in [0.3, 0.4) is 0 Å². The van der Waals surface area contributed by atoms with Gasteiger partial charge in [0, 0.05) is 11.5 Å². The maximum atomic E-state index is 2.46. The molecule has 3 heteroatoms. The Morgan fingerprint density at radius 2 is 1.83 bits per heavy atom. The van der Waals surface area contributed by atoms with Crippen molar-refractivity contribution in [1.29, 1.82) is 0 Å². The van der Waals surface area contributed by atoms with Crippen LogP contribution in [0, 0.1) is 0 Å². The molecule has 6 heavy (non-hydrogen) atoms. The van der Waals surface area contributed by atoms with Crippen LogP contribution >= 0.6 is 46.1 Å². The highest BCUT2D eigenvalue weighted by molar-refractivity contribution is 14.1. The van der Waals surface area contributed by atoms with Gasteiger partial charge in [0.25, 0.3) is 0 Å². The molecule has 1 heterocycles. The minimum absolute atomic E-state index is 0.850. The van der Waals surface area contributed by atoms with Crippen molar-refractivity contribution in [3.05, 3.63) is 0 Å². The molecule has 0 spiro atoms. The molecular weight excluding hydrogens is 227 g/mol. The second-order valence-electron chi connectivity index (χ2n) is 1.02. The van der Waals surface area contributed by atoms with Crippen molar-refractivity contribution in [2.75, 3.05) is 11.5 Å². The maximum absolute atomic E-state index is 2.46. The number of halogens is 1. The smallest absolute Gasteiger partial charge is 0.102 e. The van der Waals surface area contributed by atoms with Crippen LogP contribution in [0.25, 0.3) is 0 Å². The Labute approximate surface area is 60.0 Å². The van der Waals surface area contributed by atoms with Gasteiger partial charge in [-0.15, -0.1) is 23.5 Å². The van der Waals surface area contributed by atoms with Crippen LogP contribution in [0.5, 0.6) is 0 Å². The summed E-state index contributed by atoms with van der Waals surface area (Å²) in [6, 6.07) is 0. The first-order valence-electron chi connectivity index (χ1n) is 1.77. The normalized spacial score (nSPS) is 25.5. The van der Waals surface area contributed by atoms with Crippen LogP contribution < -0.4 is 0 Å². The van der Waals surface area contributed by atoms with Gasteiger partial charge in [-0.2, -0.15) is 0 Å². The Balaban J connectivity index is 2.18. The van der Waals surface area contributed by atoms with Crippen LogP contribution in [-0.2, 0) is 0 Å². The third-order valence-corrected chi connectivity index (χ3v) is 5.22. The lowest BCUT2D eigenvalue weighted by molar-refractivity contribution is 1.59. The highest BCUT2D eigenvalue weighted by Crippen LogP contribution is 2.36. The molecule has 0 N–H and O–H groups in total.